The molecule has 0 aromatic rings. The number of carbonyl (C=O) groups is 2. The van der Waals surface area contributed by atoms with Gasteiger partial charge >= 0.3 is 5.97 Å². The zero-order valence-corrected chi connectivity index (χ0v) is 14.1. The summed E-state index contributed by atoms with van der Waals surface area (Å²) in [4.78, 5) is 39.9. The molecule has 0 rings (SSSR count). The van der Waals surface area contributed by atoms with Crippen LogP contribution in [-0.2, 0) is 19.1 Å². The van der Waals surface area contributed by atoms with Gasteiger partial charge in [-0.25, -0.2) is 14.6 Å². The number of unbranched alkanes of at least 4 members (excludes halogenated alkanes) is 3. The van der Waals surface area contributed by atoms with Crippen molar-refractivity contribution in [1.82, 2.24) is 5.32 Å². The van der Waals surface area contributed by atoms with Crippen LogP contribution in [0.25, 0.3) is 10.4 Å². The van der Waals surface area contributed by atoms with E-state index in [2.05, 4.69) is 20.3 Å². The fourth-order valence-corrected chi connectivity index (χ4v) is 2.03. The van der Waals surface area contributed by atoms with Gasteiger partial charge in [0.15, 0.2) is 0 Å². The van der Waals surface area contributed by atoms with Gasteiger partial charge in [0.2, 0.25) is 12.0 Å². The van der Waals surface area contributed by atoms with E-state index in [0.29, 0.717) is 45.2 Å². The summed E-state index contributed by atoms with van der Waals surface area (Å²) < 4.78 is 4.97. The van der Waals surface area contributed by atoms with E-state index >= 15 is 0 Å². The van der Waals surface area contributed by atoms with Crippen LogP contribution in [0.5, 0.6) is 0 Å². The lowest BCUT2D eigenvalue weighted by atomic mass is 10.1. The van der Waals surface area contributed by atoms with Crippen molar-refractivity contribution in [3.63, 3.8) is 0 Å². The summed E-state index contributed by atoms with van der Waals surface area (Å²) in [5, 5.41) is 6.11. The summed E-state index contributed by atoms with van der Waals surface area (Å²) in [7, 11) is 0. The summed E-state index contributed by atoms with van der Waals surface area (Å²) in [5.74, 6) is -0.657. The van der Waals surface area contributed by atoms with Gasteiger partial charge in [0, 0.05) is 17.9 Å². The molecule has 0 aromatic heterocycles. The van der Waals surface area contributed by atoms with Crippen molar-refractivity contribution in [3.05, 3.63) is 10.4 Å². The number of nitrogens with one attached hydrogen (secondary N) is 1. The molecule has 0 aliphatic heterocycles. The fourth-order valence-electron chi connectivity index (χ4n) is 2.03. The Morgan fingerprint density at radius 2 is 1.96 bits per heavy atom. The van der Waals surface area contributed by atoms with Crippen molar-refractivity contribution < 1.29 is 19.1 Å². The van der Waals surface area contributed by atoms with Gasteiger partial charge in [-0.3, -0.25) is 4.79 Å². The number of ether oxygens (including phenoxy) is 1. The number of amides is 1. The van der Waals surface area contributed by atoms with Gasteiger partial charge in [-0.05, 0) is 44.6 Å². The van der Waals surface area contributed by atoms with Crippen LogP contribution in [0.15, 0.2) is 10.1 Å². The molecule has 1 N–H and O–H groups in total. The van der Waals surface area contributed by atoms with E-state index in [-0.39, 0.29) is 12.5 Å². The number of aliphatic imine (C=N–C) groups is 1. The lowest BCUT2D eigenvalue weighted by molar-refractivity contribution is -0.147. The number of nitrogens with zero attached hydrogens (tertiary/aromatic N) is 4. The Labute approximate surface area is 141 Å². The molecule has 1 atom stereocenters. The van der Waals surface area contributed by atoms with Crippen molar-refractivity contribution >= 4 is 18.0 Å². The van der Waals surface area contributed by atoms with E-state index in [4.69, 9.17) is 10.3 Å². The van der Waals surface area contributed by atoms with Gasteiger partial charge in [0.05, 0.1) is 13.2 Å². The summed E-state index contributed by atoms with van der Waals surface area (Å²) in [5.41, 5.74) is 8.15. The molecule has 0 aliphatic rings. The zero-order valence-electron chi connectivity index (χ0n) is 14.1. The average molecular weight is 339 g/mol. The Hall–Kier alpha value is -2.37. The van der Waals surface area contributed by atoms with Gasteiger partial charge in [0.25, 0.3) is 0 Å². The molecule has 0 saturated carbocycles. The maximum atomic E-state index is 11.9. The Kier molecular flexibility index (Phi) is 14.0. The first-order chi connectivity index (χ1) is 11.7. The normalized spacial score (nSPS) is 10.9. The molecule has 0 aromatic carbocycles. The van der Waals surface area contributed by atoms with Crippen LogP contribution in [-0.4, -0.2) is 43.7 Å². The van der Waals surface area contributed by atoms with E-state index in [1.807, 2.05) is 0 Å². The Bertz CT molecular complexity index is 470. The highest BCUT2D eigenvalue weighted by Gasteiger charge is 2.21. The monoisotopic (exact) mass is 339 g/mol. The maximum absolute atomic E-state index is 11.9. The molecule has 0 fully saturated rings. The second-order valence-corrected chi connectivity index (χ2v) is 5.11. The predicted octanol–water partition coefficient (Wildman–Crippen LogP) is 2.41. The van der Waals surface area contributed by atoms with E-state index in [1.54, 1.807) is 6.92 Å². The topological polar surface area (TPSA) is 134 Å². The van der Waals surface area contributed by atoms with Crippen molar-refractivity contribution in [3.8, 4) is 0 Å². The number of azide groups is 1. The average Bonchev–Trinajstić information content (AvgIpc) is 2.57. The number of rotatable bonds is 14. The van der Waals surface area contributed by atoms with Crippen LogP contribution in [0.4, 0.5) is 0 Å². The fraction of sp³-hybridized carbons (Fsp3) is 0.800. The van der Waals surface area contributed by atoms with E-state index in [9.17, 15) is 14.4 Å². The van der Waals surface area contributed by atoms with Gasteiger partial charge in [-0.1, -0.05) is 11.5 Å². The Morgan fingerprint density at radius 3 is 2.62 bits per heavy atom. The third-order valence-electron chi connectivity index (χ3n) is 3.21. The van der Waals surface area contributed by atoms with Crippen LogP contribution >= 0.6 is 0 Å². The molecule has 0 aliphatic carbocycles. The minimum Gasteiger partial charge on any atom is -0.464 e. The number of esters is 1. The van der Waals surface area contributed by atoms with Crippen LogP contribution in [0.3, 0.4) is 0 Å². The van der Waals surface area contributed by atoms with E-state index in [0.717, 1.165) is 12.8 Å². The second kappa shape index (κ2) is 15.5. The van der Waals surface area contributed by atoms with Gasteiger partial charge in [-0.2, -0.15) is 0 Å². The lowest BCUT2D eigenvalue weighted by Crippen LogP contribution is -2.41. The first-order valence-corrected chi connectivity index (χ1v) is 8.16. The highest BCUT2D eigenvalue weighted by atomic mass is 16.5. The van der Waals surface area contributed by atoms with Crippen LogP contribution in [0.1, 0.15) is 51.9 Å². The van der Waals surface area contributed by atoms with Crippen molar-refractivity contribution in [2.24, 2.45) is 10.1 Å². The molecule has 0 heterocycles. The molecule has 0 saturated heterocycles. The second-order valence-electron chi connectivity index (χ2n) is 5.11. The van der Waals surface area contributed by atoms with Gasteiger partial charge in [0.1, 0.15) is 6.04 Å². The SMILES string of the molecule is CCOC(=O)[C@H](CCCCN=C=O)NC(=O)CCCCCN=[N+]=[N-]. The molecule has 24 heavy (non-hydrogen) atoms. The molecule has 134 valence electrons. The molecule has 9 heteroatoms. The molecule has 1 amide bonds. The number of carbonyl (C=O) groups excluding carboxylic acids is 3. The largest absolute Gasteiger partial charge is 0.464 e. The summed E-state index contributed by atoms with van der Waals surface area (Å²) >= 11 is 0. The summed E-state index contributed by atoms with van der Waals surface area (Å²) in [6, 6.07) is -0.680. The van der Waals surface area contributed by atoms with Crippen LogP contribution in [0, 0.1) is 0 Å². The third kappa shape index (κ3) is 12.2. The van der Waals surface area contributed by atoms with E-state index in [1.165, 1.54) is 6.08 Å². The summed E-state index contributed by atoms with van der Waals surface area (Å²) in [6.45, 7) is 2.74. The number of hydrogen-bond donors (Lipinski definition) is 1. The van der Waals surface area contributed by atoms with Crippen LogP contribution in [0.2, 0.25) is 0 Å². The third-order valence-corrected chi connectivity index (χ3v) is 3.21. The first-order valence-electron chi connectivity index (χ1n) is 8.16. The highest BCUT2D eigenvalue weighted by molar-refractivity contribution is 5.84. The quantitative estimate of drug-likeness (QED) is 0.0988. The van der Waals surface area contributed by atoms with E-state index < -0.39 is 12.0 Å². The molecule has 0 spiro atoms. The van der Waals surface area contributed by atoms with Crippen LogP contribution < -0.4 is 5.32 Å². The zero-order chi connectivity index (χ0) is 18.0. The minimum atomic E-state index is -0.680. The number of isocyanates is 1. The standard InChI is InChI=1S/C15H25N5O4/c1-2-24-15(23)13(8-5-7-10-17-12-21)19-14(22)9-4-3-6-11-18-20-16/h13H,2-11H2,1H3,(H,19,22)/t13-/m0/s1. The lowest BCUT2D eigenvalue weighted by Gasteiger charge is -2.17. The molecular weight excluding hydrogens is 314 g/mol. The number of hydrogen-bond acceptors (Lipinski definition) is 6. The highest BCUT2D eigenvalue weighted by Crippen LogP contribution is 2.06. The first kappa shape index (κ1) is 21.6. The Balaban J connectivity index is 4.16. The smallest absolute Gasteiger partial charge is 0.328 e. The summed E-state index contributed by atoms with van der Waals surface area (Å²) in [6.07, 6.45) is 5.66. The maximum Gasteiger partial charge on any atom is 0.328 e. The Morgan fingerprint density at radius 1 is 1.21 bits per heavy atom. The van der Waals surface area contributed by atoms with Crippen molar-refractivity contribution in [1.29, 1.82) is 0 Å². The van der Waals surface area contributed by atoms with Gasteiger partial charge in [-0.15, -0.1) is 0 Å². The minimum absolute atomic E-state index is 0.206. The molecule has 9 nitrogen and oxygen atoms in total. The molecule has 0 unspecified atom stereocenters. The molecular formula is C15H25N5O4. The van der Waals surface area contributed by atoms with Crippen molar-refractivity contribution in [2.75, 3.05) is 19.7 Å². The predicted molar refractivity (Wildman–Crippen MR) is 87.9 cm³/mol. The molecule has 0 bridgehead atoms. The van der Waals surface area contributed by atoms with Crippen molar-refractivity contribution in [2.45, 2.75) is 57.9 Å². The molecule has 0 radical (unpaired) electrons. The van der Waals surface area contributed by atoms with Gasteiger partial charge < -0.3 is 10.1 Å².